The second-order valence-corrected chi connectivity index (χ2v) is 4.11. The molecule has 2 N–H and O–H groups in total. The molecule has 6 heteroatoms. The molecule has 0 bridgehead atoms. The number of ether oxygens (including phenoxy) is 1. The van der Waals surface area contributed by atoms with E-state index in [1.54, 1.807) is 24.4 Å². The zero-order valence-corrected chi connectivity index (χ0v) is 10.9. The molecule has 1 heterocycles. The molecule has 2 rings (SSSR count). The number of aliphatic hydroxyl groups excluding tert-OH is 1. The summed E-state index contributed by atoms with van der Waals surface area (Å²) in [6, 6.07) is 7.69. The van der Waals surface area contributed by atoms with Gasteiger partial charge in [0, 0.05) is 11.6 Å². The molecule has 0 radical (unpaired) electrons. The zero-order valence-electron chi connectivity index (χ0n) is 10.9. The Morgan fingerprint density at radius 1 is 1.35 bits per heavy atom. The zero-order chi connectivity index (χ0) is 14.5. The minimum Gasteiger partial charge on any atom is -0.467 e. The number of amides is 1. The molecule has 1 amide bonds. The van der Waals surface area contributed by atoms with E-state index in [4.69, 9.17) is 5.11 Å². The molecule has 0 saturated carbocycles. The van der Waals surface area contributed by atoms with Crippen LogP contribution in [0, 0.1) is 0 Å². The Labute approximate surface area is 115 Å². The lowest BCUT2D eigenvalue weighted by atomic mass is 10.1. The molecule has 2 aromatic rings. The van der Waals surface area contributed by atoms with Crippen molar-refractivity contribution in [1.82, 2.24) is 10.3 Å². The highest BCUT2D eigenvalue weighted by atomic mass is 16.5. The second-order valence-electron chi connectivity index (χ2n) is 4.11. The van der Waals surface area contributed by atoms with E-state index >= 15 is 0 Å². The second kappa shape index (κ2) is 6.12. The number of carbonyl (C=O) groups excluding carboxylic acids is 2. The molecule has 6 nitrogen and oxygen atoms in total. The van der Waals surface area contributed by atoms with Crippen molar-refractivity contribution in [3.8, 4) is 0 Å². The van der Waals surface area contributed by atoms with Gasteiger partial charge in [0.1, 0.15) is 0 Å². The normalized spacial score (nSPS) is 11.9. The minimum absolute atomic E-state index is 0.338. The van der Waals surface area contributed by atoms with Crippen LogP contribution in [0.2, 0.25) is 0 Å². The maximum absolute atomic E-state index is 12.2. The Bertz CT molecular complexity index is 637. The molecule has 0 fully saturated rings. The van der Waals surface area contributed by atoms with Crippen molar-refractivity contribution in [3.63, 3.8) is 0 Å². The largest absolute Gasteiger partial charge is 0.467 e. The molecule has 0 spiro atoms. The number of para-hydroxylation sites is 1. The lowest BCUT2D eigenvalue weighted by Gasteiger charge is -2.14. The van der Waals surface area contributed by atoms with Gasteiger partial charge in [-0.05, 0) is 12.1 Å². The van der Waals surface area contributed by atoms with Crippen molar-refractivity contribution < 1.29 is 19.4 Å². The Morgan fingerprint density at radius 2 is 2.10 bits per heavy atom. The van der Waals surface area contributed by atoms with Crippen LogP contribution in [0.5, 0.6) is 0 Å². The number of nitrogens with one attached hydrogen (secondary N) is 1. The summed E-state index contributed by atoms with van der Waals surface area (Å²) < 4.78 is 4.50. The van der Waals surface area contributed by atoms with Gasteiger partial charge in [-0.3, -0.25) is 9.78 Å². The van der Waals surface area contributed by atoms with Crippen molar-refractivity contribution in [1.29, 1.82) is 0 Å². The lowest BCUT2D eigenvalue weighted by molar-refractivity contribution is -0.143. The first-order valence-corrected chi connectivity index (χ1v) is 6.00. The van der Waals surface area contributed by atoms with Crippen LogP contribution in [0.4, 0.5) is 0 Å². The fourth-order valence-electron chi connectivity index (χ4n) is 1.84. The van der Waals surface area contributed by atoms with Gasteiger partial charge >= 0.3 is 5.97 Å². The number of hydrogen-bond donors (Lipinski definition) is 2. The number of fused-ring (bicyclic) bond motifs is 1. The summed E-state index contributed by atoms with van der Waals surface area (Å²) in [6.45, 7) is -0.531. The number of benzene rings is 1. The van der Waals surface area contributed by atoms with E-state index in [1.165, 1.54) is 7.11 Å². The van der Waals surface area contributed by atoms with Gasteiger partial charge in [-0.25, -0.2) is 4.79 Å². The third-order valence-corrected chi connectivity index (χ3v) is 2.85. The first-order chi connectivity index (χ1) is 9.67. The van der Waals surface area contributed by atoms with Crippen molar-refractivity contribution in [2.45, 2.75) is 6.04 Å². The summed E-state index contributed by atoms with van der Waals surface area (Å²) in [6.07, 6.45) is 1.59. The lowest BCUT2D eigenvalue weighted by Crippen LogP contribution is -2.44. The van der Waals surface area contributed by atoms with Crippen LogP contribution in [0.3, 0.4) is 0 Å². The molecular formula is C14H14N2O4. The fraction of sp³-hybridized carbons (Fsp3) is 0.214. The monoisotopic (exact) mass is 274 g/mol. The molecule has 0 saturated heterocycles. The summed E-state index contributed by atoms with van der Waals surface area (Å²) >= 11 is 0. The number of esters is 1. The van der Waals surface area contributed by atoms with E-state index in [9.17, 15) is 9.59 Å². The van der Waals surface area contributed by atoms with Gasteiger partial charge in [0.2, 0.25) is 0 Å². The smallest absolute Gasteiger partial charge is 0.330 e. The Balaban J connectivity index is 2.30. The van der Waals surface area contributed by atoms with Crippen LogP contribution >= 0.6 is 0 Å². The number of aromatic nitrogens is 1. The molecular weight excluding hydrogens is 260 g/mol. The van der Waals surface area contributed by atoms with Crippen LogP contribution in [-0.2, 0) is 9.53 Å². The number of hydrogen-bond acceptors (Lipinski definition) is 5. The summed E-state index contributed by atoms with van der Waals surface area (Å²) in [4.78, 5) is 27.7. The van der Waals surface area contributed by atoms with E-state index in [0.717, 1.165) is 5.39 Å². The van der Waals surface area contributed by atoms with Gasteiger partial charge in [0.25, 0.3) is 5.91 Å². The third-order valence-electron chi connectivity index (χ3n) is 2.85. The maximum atomic E-state index is 12.2. The van der Waals surface area contributed by atoms with Gasteiger partial charge in [0.05, 0.1) is 24.8 Å². The van der Waals surface area contributed by atoms with Gasteiger partial charge in [-0.15, -0.1) is 0 Å². The predicted octanol–water partition coefficient (Wildman–Crippen LogP) is 0.498. The van der Waals surface area contributed by atoms with E-state index in [-0.39, 0.29) is 0 Å². The third kappa shape index (κ3) is 2.75. The Kier molecular flexibility index (Phi) is 4.27. The van der Waals surface area contributed by atoms with Gasteiger partial charge in [-0.2, -0.15) is 0 Å². The van der Waals surface area contributed by atoms with Crippen LogP contribution in [-0.4, -0.2) is 41.7 Å². The molecule has 0 aliphatic rings. The minimum atomic E-state index is -1.09. The average Bonchev–Trinajstić information content (AvgIpc) is 2.51. The van der Waals surface area contributed by atoms with Gasteiger partial charge in [0.15, 0.2) is 6.04 Å². The molecule has 1 unspecified atom stereocenters. The number of aliphatic hydroxyl groups is 1. The topological polar surface area (TPSA) is 88.5 Å². The fourth-order valence-corrected chi connectivity index (χ4v) is 1.84. The van der Waals surface area contributed by atoms with Crippen molar-refractivity contribution in [2.24, 2.45) is 0 Å². The van der Waals surface area contributed by atoms with Crippen LogP contribution in [0.15, 0.2) is 36.5 Å². The highest BCUT2D eigenvalue weighted by Gasteiger charge is 2.22. The molecule has 20 heavy (non-hydrogen) atoms. The molecule has 0 aliphatic carbocycles. The van der Waals surface area contributed by atoms with Gasteiger partial charge in [-0.1, -0.05) is 18.2 Å². The van der Waals surface area contributed by atoms with Crippen LogP contribution in [0.25, 0.3) is 10.9 Å². The summed E-state index contributed by atoms with van der Waals surface area (Å²) in [7, 11) is 1.19. The van der Waals surface area contributed by atoms with Crippen LogP contribution in [0.1, 0.15) is 10.4 Å². The Morgan fingerprint density at radius 3 is 2.80 bits per heavy atom. The quantitative estimate of drug-likeness (QED) is 0.792. The number of carbonyl (C=O) groups is 2. The van der Waals surface area contributed by atoms with Gasteiger partial charge < -0.3 is 15.2 Å². The van der Waals surface area contributed by atoms with E-state index < -0.39 is 24.5 Å². The number of methoxy groups -OCH3 is 1. The highest BCUT2D eigenvalue weighted by molar-refractivity contribution is 6.06. The van der Waals surface area contributed by atoms with E-state index in [0.29, 0.717) is 11.1 Å². The molecule has 1 aromatic heterocycles. The van der Waals surface area contributed by atoms with Crippen molar-refractivity contribution in [2.75, 3.05) is 13.7 Å². The Hall–Kier alpha value is -2.47. The molecule has 1 atom stereocenters. The average molecular weight is 274 g/mol. The summed E-state index contributed by atoms with van der Waals surface area (Å²) in [5, 5.41) is 12.3. The maximum Gasteiger partial charge on any atom is 0.330 e. The van der Waals surface area contributed by atoms with Crippen molar-refractivity contribution in [3.05, 3.63) is 42.1 Å². The van der Waals surface area contributed by atoms with E-state index in [1.807, 2.05) is 12.1 Å². The number of rotatable bonds is 4. The highest BCUT2D eigenvalue weighted by Crippen LogP contribution is 2.15. The SMILES string of the molecule is COC(=O)C(CO)NC(=O)c1cccc2cccnc12. The predicted molar refractivity (Wildman–Crippen MR) is 72.1 cm³/mol. The first-order valence-electron chi connectivity index (χ1n) is 6.00. The summed E-state index contributed by atoms with van der Waals surface area (Å²) in [5.74, 6) is -1.19. The standard InChI is InChI=1S/C14H14N2O4/c1-20-14(19)11(8-17)16-13(18)10-6-2-4-9-5-3-7-15-12(9)10/h2-7,11,17H,8H2,1H3,(H,16,18). The summed E-state index contributed by atoms with van der Waals surface area (Å²) in [5.41, 5.74) is 0.875. The van der Waals surface area contributed by atoms with Crippen LogP contribution < -0.4 is 5.32 Å². The number of nitrogens with zero attached hydrogens (tertiary/aromatic N) is 1. The molecule has 0 aliphatic heterocycles. The molecule has 104 valence electrons. The first kappa shape index (κ1) is 14.0. The number of pyridine rings is 1. The van der Waals surface area contributed by atoms with E-state index in [2.05, 4.69) is 15.0 Å². The molecule has 1 aromatic carbocycles. The van der Waals surface area contributed by atoms with Crippen molar-refractivity contribution >= 4 is 22.8 Å².